The van der Waals surface area contributed by atoms with Crippen LogP contribution in [0.3, 0.4) is 0 Å². The second-order valence-electron chi connectivity index (χ2n) is 19.2. The topological polar surface area (TPSA) is 0 Å². The molecule has 0 N–H and O–H groups in total. The molecule has 2 aliphatic rings. The average molecular weight is 815 g/mol. The Hall–Kier alpha value is -7.54. The van der Waals surface area contributed by atoms with Crippen LogP contribution in [0.25, 0.3) is 110 Å². The van der Waals surface area contributed by atoms with Gasteiger partial charge in [0.15, 0.2) is 0 Å². The van der Waals surface area contributed by atoms with Crippen LogP contribution in [0.5, 0.6) is 0 Å². The van der Waals surface area contributed by atoms with E-state index in [9.17, 15) is 0 Å². The largest absolute Gasteiger partial charge is 0.0622 e. The fraction of sp³-hybridized carbons (Fsp3) is 0.0938. The fourth-order valence-corrected chi connectivity index (χ4v) is 11.9. The van der Waals surface area contributed by atoms with Gasteiger partial charge >= 0.3 is 0 Å². The highest BCUT2D eigenvalue weighted by atomic mass is 14.4. The van der Waals surface area contributed by atoms with E-state index >= 15 is 0 Å². The van der Waals surface area contributed by atoms with Gasteiger partial charge in [-0.15, -0.1) is 0 Å². The highest BCUT2D eigenvalue weighted by molar-refractivity contribution is 6.36. The van der Waals surface area contributed by atoms with Gasteiger partial charge in [-0.25, -0.2) is 0 Å². The predicted molar refractivity (Wildman–Crippen MR) is 273 cm³/mol. The van der Waals surface area contributed by atoms with Crippen LogP contribution in [0.4, 0.5) is 0 Å². The van der Waals surface area contributed by atoms with Crippen LogP contribution in [0.15, 0.2) is 206 Å². The van der Waals surface area contributed by atoms with E-state index in [1.165, 1.54) is 132 Å². The smallest absolute Gasteiger partial charge is 0.0159 e. The Bertz CT molecular complexity index is 3750. The lowest BCUT2D eigenvalue weighted by Crippen LogP contribution is -2.15. The van der Waals surface area contributed by atoms with Crippen molar-refractivity contribution in [3.05, 3.63) is 229 Å². The van der Waals surface area contributed by atoms with Gasteiger partial charge in [-0.05, 0) is 156 Å². The standard InChI is InChI=1S/C64H46/c1-63(2)55-26-16-15-23-47(55)48-31-28-43(37-56(48)63)44-29-33-50-49-32-27-42(36-57(49)64(3,4)58(50)38-44)41-30-34-53-54(35-41)60(40-19-9-6-10-20-40)62-52-25-14-12-22-46(52)45-21-11-13-24-51(45)61(62)59(53)39-17-7-5-8-18-39/h5-38H,1-4H3. The molecule has 0 radical (unpaired) electrons. The van der Waals surface area contributed by atoms with E-state index in [1.807, 2.05) is 0 Å². The molecule has 0 bridgehead atoms. The number of benzene rings is 11. The van der Waals surface area contributed by atoms with Crippen LogP contribution in [-0.2, 0) is 10.8 Å². The molecule has 0 spiro atoms. The SMILES string of the molecule is CC1(C)c2ccccc2-c2ccc(-c3ccc4c(c3)C(C)(C)c3cc(-c5ccc6c(-c7ccccc7)c7c8ccccc8c8ccccc8c7c(-c7ccccc7)c6c5)ccc3-4)cc21. The van der Waals surface area contributed by atoms with Gasteiger partial charge < -0.3 is 0 Å². The molecule has 0 fully saturated rings. The van der Waals surface area contributed by atoms with Crippen molar-refractivity contribution < 1.29 is 0 Å². The zero-order valence-electron chi connectivity index (χ0n) is 36.6. The molecule has 0 heterocycles. The molecular formula is C64H46. The molecule has 0 atom stereocenters. The molecule has 0 nitrogen and oxygen atoms in total. The van der Waals surface area contributed by atoms with Crippen LogP contribution < -0.4 is 0 Å². The molecule has 11 aromatic carbocycles. The summed E-state index contributed by atoms with van der Waals surface area (Å²) in [5, 5.41) is 10.3. The van der Waals surface area contributed by atoms with Crippen LogP contribution >= 0.6 is 0 Å². The Morgan fingerprint density at radius 3 is 1.09 bits per heavy atom. The van der Waals surface area contributed by atoms with Crippen molar-refractivity contribution in [1.82, 2.24) is 0 Å². The Kier molecular flexibility index (Phi) is 7.80. The maximum Gasteiger partial charge on any atom is 0.0159 e. The van der Waals surface area contributed by atoms with Crippen molar-refractivity contribution in [2.45, 2.75) is 38.5 Å². The lowest BCUT2D eigenvalue weighted by molar-refractivity contribution is 0.659. The quantitative estimate of drug-likeness (QED) is 0.123. The van der Waals surface area contributed by atoms with Crippen molar-refractivity contribution >= 4 is 43.1 Å². The Labute approximate surface area is 375 Å². The molecular weight excluding hydrogens is 769 g/mol. The van der Waals surface area contributed by atoms with Crippen LogP contribution in [-0.4, -0.2) is 0 Å². The van der Waals surface area contributed by atoms with Crippen LogP contribution in [0.1, 0.15) is 49.9 Å². The summed E-state index contributed by atoms with van der Waals surface area (Å²) in [6.45, 7) is 9.56. The van der Waals surface area contributed by atoms with Crippen molar-refractivity contribution in [3.63, 3.8) is 0 Å². The second kappa shape index (κ2) is 13.5. The number of hydrogen-bond acceptors (Lipinski definition) is 0. The highest BCUT2D eigenvalue weighted by Gasteiger charge is 2.38. The van der Waals surface area contributed by atoms with E-state index < -0.39 is 0 Å². The van der Waals surface area contributed by atoms with Gasteiger partial charge in [0.1, 0.15) is 0 Å². The summed E-state index contributed by atoms with van der Waals surface area (Å²) in [6, 6.07) is 77.8. The fourth-order valence-electron chi connectivity index (χ4n) is 11.9. The van der Waals surface area contributed by atoms with Gasteiger partial charge in [-0.2, -0.15) is 0 Å². The summed E-state index contributed by atoms with van der Waals surface area (Å²) in [4.78, 5) is 0. The molecule has 13 rings (SSSR count). The molecule has 0 aliphatic heterocycles. The minimum absolute atomic E-state index is 0.0342. The second-order valence-corrected chi connectivity index (χ2v) is 19.2. The summed E-state index contributed by atoms with van der Waals surface area (Å²) in [6.07, 6.45) is 0. The normalized spacial score (nSPS) is 14.2. The monoisotopic (exact) mass is 814 g/mol. The van der Waals surface area contributed by atoms with E-state index in [2.05, 4.69) is 234 Å². The Morgan fingerprint density at radius 1 is 0.234 bits per heavy atom. The maximum absolute atomic E-state index is 2.48. The molecule has 0 saturated carbocycles. The summed E-state index contributed by atoms with van der Waals surface area (Å²) < 4.78 is 0. The first-order valence-corrected chi connectivity index (χ1v) is 22.8. The van der Waals surface area contributed by atoms with Crippen molar-refractivity contribution in [2.24, 2.45) is 0 Å². The van der Waals surface area contributed by atoms with Gasteiger partial charge in [-0.1, -0.05) is 210 Å². The minimum atomic E-state index is -0.175. The Balaban J connectivity index is 0.997. The molecule has 0 saturated heterocycles. The van der Waals surface area contributed by atoms with Crippen LogP contribution in [0, 0.1) is 0 Å². The molecule has 0 aromatic heterocycles. The third-order valence-corrected chi connectivity index (χ3v) is 15.0. The van der Waals surface area contributed by atoms with Gasteiger partial charge in [0, 0.05) is 10.8 Å². The van der Waals surface area contributed by atoms with Gasteiger partial charge in [0.2, 0.25) is 0 Å². The summed E-state index contributed by atoms with van der Waals surface area (Å²) >= 11 is 0. The maximum atomic E-state index is 2.48. The number of fused-ring (bicyclic) bond motifs is 13. The van der Waals surface area contributed by atoms with E-state index in [0.717, 1.165) is 0 Å². The van der Waals surface area contributed by atoms with Gasteiger partial charge in [-0.3, -0.25) is 0 Å². The predicted octanol–water partition coefficient (Wildman–Crippen LogP) is 17.6. The third kappa shape index (κ3) is 5.17. The highest BCUT2D eigenvalue weighted by Crippen LogP contribution is 2.54. The molecule has 0 unspecified atom stereocenters. The molecule has 0 amide bonds. The first kappa shape index (κ1) is 37.1. The lowest BCUT2D eigenvalue weighted by Gasteiger charge is -2.24. The van der Waals surface area contributed by atoms with Crippen molar-refractivity contribution in [3.8, 4) is 66.8 Å². The molecule has 0 heteroatoms. The van der Waals surface area contributed by atoms with Crippen molar-refractivity contribution in [2.75, 3.05) is 0 Å². The Morgan fingerprint density at radius 2 is 0.594 bits per heavy atom. The van der Waals surface area contributed by atoms with E-state index in [-0.39, 0.29) is 10.8 Å². The van der Waals surface area contributed by atoms with E-state index in [4.69, 9.17) is 0 Å². The first-order valence-electron chi connectivity index (χ1n) is 22.8. The van der Waals surface area contributed by atoms with Gasteiger partial charge in [0.05, 0.1) is 0 Å². The number of hydrogen-bond donors (Lipinski definition) is 0. The summed E-state index contributed by atoms with van der Waals surface area (Å²) in [5.74, 6) is 0. The van der Waals surface area contributed by atoms with E-state index in [1.54, 1.807) is 0 Å². The first-order chi connectivity index (χ1) is 31.3. The minimum Gasteiger partial charge on any atom is -0.0622 e. The lowest BCUT2D eigenvalue weighted by atomic mass is 9.79. The zero-order valence-corrected chi connectivity index (χ0v) is 36.6. The van der Waals surface area contributed by atoms with E-state index in [0.29, 0.717) is 0 Å². The number of rotatable bonds is 4. The molecule has 2 aliphatic carbocycles. The molecule has 302 valence electrons. The van der Waals surface area contributed by atoms with Crippen molar-refractivity contribution in [1.29, 1.82) is 0 Å². The third-order valence-electron chi connectivity index (χ3n) is 15.0. The van der Waals surface area contributed by atoms with Crippen LogP contribution in [0.2, 0.25) is 0 Å². The molecule has 64 heavy (non-hydrogen) atoms. The summed E-state index contributed by atoms with van der Waals surface area (Å²) in [7, 11) is 0. The average Bonchev–Trinajstić information content (AvgIpc) is 3.72. The van der Waals surface area contributed by atoms with Gasteiger partial charge in [0.25, 0.3) is 0 Å². The summed E-state index contributed by atoms with van der Waals surface area (Å²) in [5.41, 5.74) is 20.9. The zero-order chi connectivity index (χ0) is 42.9. The molecule has 11 aromatic rings.